The molecule has 1 fully saturated rings. The fourth-order valence-electron chi connectivity index (χ4n) is 3.22. The van der Waals surface area contributed by atoms with Crippen molar-refractivity contribution in [1.29, 1.82) is 0 Å². The van der Waals surface area contributed by atoms with Crippen molar-refractivity contribution < 1.29 is 4.74 Å². The smallest absolute Gasteiger partial charge is 0.0941 e. The molecule has 4 rings (SSSR count). The average molecular weight is 241 g/mol. The summed E-state index contributed by atoms with van der Waals surface area (Å²) < 4.78 is 5.95. The van der Waals surface area contributed by atoms with Crippen LogP contribution in [0.4, 0.5) is 0 Å². The highest BCUT2D eigenvalue weighted by atomic mass is 16.5. The van der Waals surface area contributed by atoms with E-state index in [9.17, 15) is 0 Å². The van der Waals surface area contributed by atoms with E-state index in [1.54, 1.807) is 0 Å². The summed E-state index contributed by atoms with van der Waals surface area (Å²) in [4.78, 5) is 0. The largest absolute Gasteiger partial charge is 0.382 e. The van der Waals surface area contributed by atoms with E-state index in [0.717, 1.165) is 6.61 Å². The lowest BCUT2D eigenvalue weighted by Gasteiger charge is -2.23. The predicted octanol–water partition coefficient (Wildman–Crippen LogP) is 3.32. The Morgan fingerprint density at radius 1 is 1.33 bits per heavy atom. The highest BCUT2D eigenvalue weighted by Gasteiger charge is 2.50. The molecule has 1 aliphatic carbocycles. The van der Waals surface area contributed by atoms with Gasteiger partial charge >= 0.3 is 0 Å². The molecule has 18 heavy (non-hydrogen) atoms. The summed E-state index contributed by atoms with van der Waals surface area (Å²) in [5.41, 5.74) is 5.58. The lowest BCUT2D eigenvalue weighted by molar-refractivity contribution is 0.0442. The van der Waals surface area contributed by atoms with Crippen molar-refractivity contribution in [3.8, 4) is 0 Å². The van der Waals surface area contributed by atoms with Gasteiger partial charge in [-0.05, 0) is 55.4 Å². The molecule has 3 aliphatic rings. The number of rotatable bonds is 1. The Morgan fingerprint density at radius 3 is 3.00 bits per heavy atom. The summed E-state index contributed by atoms with van der Waals surface area (Å²) in [5.74, 6) is 0. The number of benzene rings is 1. The van der Waals surface area contributed by atoms with E-state index in [0.29, 0.717) is 6.04 Å². The van der Waals surface area contributed by atoms with E-state index in [4.69, 9.17) is 4.74 Å². The zero-order valence-electron chi connectivity index (χ0n) is 10.8. The first-order chi connectivity index (χ1) is 8.77. The monoisotopic (exact) mass is 241 g/mol. The van der Waals surface area contributed by atoms with Gasteiger partial charge in [-0.2, -0.15) is 0 Å². The van der Waals surface area contributed by atoms with E-state index in [2.05, 4.69) is 36.5 Å². The second kappa shape index (κ2) is 3.61. The number of allylic oxidation sites excluding steroid dienone is 1. The van der Waals surface area contributed by atoms with Gasteiger partial charge in [-0.25, -0.2) is 0 Å². The summed E-state index contributed by atoms with van der Waals surface area (Å²) in [6.45, 7) is 3.05. The molecule has 2 heterocycles. The fraction of sp³-hybridized carbons (Fsp3) is 0.500. The van der Waals surface area contributed by atoms with Crippen LogP contribution < -0.4 is 5.32 Å². The van der Waals surface area contributed by atoms with Crippen molar-refractivity contribution in [3.63, 3.8) is 0 Å². The number of hydrogen-bond donors (Lipinski definition) is 1. The maximum Gasteiger partial charge on any atom is 0.0941 e. The molecule has 1 N–H and O–H groups in total. The topological polar surface area (TPSA) is 21.3 Å². The summed E-state index contributed by atoms with van der Waals surface area (Å²) in [5, 5.41) is 3.58. The van der Waals surface area contributed by atoms with E-state index in [1.165, 1.54) is 48.1 Å². The molecule has 2 heteroatoms. The van der Waals surface area contributed by atoms with Crippen LogP contribution >= 0.6 is 0 Å². The molecule has 1 aromatic carbocycles. The molecule has 2 aliphatic heterocycles. The first-order valence-corrected chi connectivity index (χ1v) is 7.01. The molecule has 0 saturated heterocycles. The van der Waals surface area contributed by atoms with Crippen LogP contribution in [0.2, 0.25) is 0 Å². The summed E-state index contributed by atoms with van der Waals surface area (Å²) >= 11 is 0. The zero-order chi connectivity index (χ0) is 12.2. The Kier molecular flexibility index (Phi) is 2.13. The first-order valence-electron chi connectivity index (χ1n) is 7.01. The minimum atomic E-state index is 0.121. The summed E-state index contributed by atoms with van der Waals surface area (Å²) in [6, 6.07) is 7.44. The van der Waals surface area contributed by atoms with Crippen LogP contribution in [0.3, 0.4) is 0 Å². The molecule has 1 unspecified atom stereocenters. The van der Waals surface area contributed by atoms with E-state index in [-0.39, 0.29) is 5.60 Å². The van der Waals surface area contributed by atoms with Crippen LogP contribution in [0.25, 0.3) is 5.70 Å². The fourth-order valence-corrected chi connectivity index (χ4v) is 3.22. The van der Waals surface area contributed by atoms with Gasteiger partial charge < -0.3 is 10.1 Å². The van der Waals surface area contributed by atoms with Crippen molar-refractivity contribution in [2.45, 2.75) is 50.9 Å². The quantitative estimate of drug-likeness (QED) is 0.814. The van der Waals surface area contributed by atoms with Crippen LogP contribution in [0.1, 0.15) is 49.3 Å². The third kappa shape index (κ3) is 1.52. The van der Waals surface area contributed by atoms with Gasteiger partial charge in [0.15, 0.2) is 0 Å². The van der Waals surface area contributed by atoms with Gasteiger partial charge in [0.25, 0.3) is 0 Å². The van der Waals surface area contributed by atoms with Gasteiger partial charge in [0.1, 0.15) is 0 Å². The van der Waals surface area contributed by atoms with Gasteiger partial charge in [0, 0.05) is 11.7 Å². The molecule has 94 valence electrons. The Bertz CT molecular complexity index is 528. The molecular formula is C16H19NO. The maximum absolute atomic E-state index is 5.95. The molecule has 2 nitrogen and oxygen atoms in total. The number of ether oxygens (including phenoxy) is 1. The average Bonchev–Trinajstić information content (AvgIpc) is 3.08. The minimum absolute atomic E-state index is 0.121. The van der Waals surface area contributed by atoms with E-state index in [1.807, 2.05) is 0 Å². The normalized spacial score (nSPS) is 27.6. The van der Waals surface area contributed by atoms with Crippen molar-refractivity contribution in [2.24, 2.45) is 0 Å². The standard InChI is InChI=1S/C16H19NO/c1-11-3-2-4-15(17-11)12-5-6-14-13(9-12)10-18-16(14)7-8-16/h4-6,9,11,17H,2-3,7-8,10H2,1H3. The highest BCUT2D eigenvalue weighted by Crippen LogP contribution is 2.54. The van der Waals surface area contributed by atoms with Crippen molar-refractivity contribution in [3.05, 3.63) is 41.0 Å². The Balaban J connectivity index is 1.69. The van der Waals surface area contributed by atoms with Crippen LogP contribution in [-0.2, 0) is 16.9 Å². The van der Waals surface area contributed by atoms with Crippen LogP contribution in [0, 0.1) is 0 Å². The Labute approximate surface area is 108 Å². The number of hydrogen-bond acceptors (Lipinski definition) is 2. The summed E-state index contributed by atoms with van der Waals surface area (Å²) in [6.07, 6.45) is 7.15. The molecule has 0 amide bonds. The van der Waals surface area contributed by atoms with Crippen LogP contribution in [0.5, 0.6) is 0 Å². The highest BCUT2D eigenvalue weighted by molar-refractivity contribution is 5.66. The van der Waals surface area contributed by atoms with Crippen molar-refractivity contribution >= 4 is 5.70 Å². The van der Waals surface area contributed by atoms with Crippen LogP contribution in [-0.4, -0.2) is 6.04 Å². The molecule has 1 saturated carbocycles. The van der Waals surface area contributed by atoms with E-state index < -0.39 is 0 Å². The molecular weight excluding hydrogens is 222 g/mol. The van der Waals surface area contributed by atoms with Crippen LogP contribution in [0.15, 0.2) is 24.3 Å². The maximum atomic E-state index is 5.95. The van der Waals surface area contributed by atoms with Gasteiger partial charge in [-0.3, -0.25) is 0 Å². The predicted molar refractivity (Wildman–Crippen MR) is 72.0 cm³/mol. The zero-order valence-corrected chi connectivity index (χ0v) is 10.8. The lowest BCUT2D eigenvalue weighted by atomic mass is 9.97. The molecule has 1 aromatic rings. The molecule has 0 bridgehead atoms. The Hall–Kier alpha value is -1.28. The van der Waals surface area contributed by atoms with E-state index >= 15 is 0 Å². The molecule has 1 atom stereocenters. The molecule has 0 aromatic heterocycles. The van der Waals surface area contributed by atoms with Crippen molar-refractivity contribution in [2.75, 3.05) is 0 Å². The third-order valence-electron chi connectivity index (χ3n) is 4.47. The third-order valence-corrected chi connectivity index (χ3v) is 4.47. The van der Waals surface area contributed by atoms with Gasteiger partial charge in [0.05, 0.1) is 12.2 Å². The molecule has 0 radical (unpaired) electrons. The Morgan fingerprint density at radius 2 is 2.22 bits per heavy atom. The number of nitrogens with one attached hydrogen (secondary N) is 1. The SMILES string of the molecule is CC1CCC=C(c2ccc3c(c2)COC32CC2)N1. The van der Waals surface area contributed by atoms with Gasteiger partial charge in [0.2, 0.25) is 0 Å². The minimum Gasteiger partial charge on any atom is -0.382 e. The number of fused-ring (bicyclic) bond motifs is 2. The first kappa shape index (κ1) is 10.6. The van der Waals surface area contributed by atoms with Gasteiger partial charge in [-0.15, -0.1) is 0 Å². The molecule has 1 spiro atoms. The second-order valence-electron chi connectivity index (χ2n) is 5.90. The summed E-state index contributed by atoms with van der Waals surface area (Å²) in [7, 11) is 0. The van der Waals surface area contributed by atoms with Gasteiger partial charge in [-0.1, -0.05) is 18.2 Å². The second-order valence-corrected chi connectivity index (χ2v) is 5.90. The van der Waals surface area contributed by atoms with Crippen molar-refractivity contribution in [1.82, 2.24) is 5.32 Å². The lowest BCUT2D eigenvalue weighted by Crippen LogP contribution is -2.27.